The molecule has 1 rings (SSSR count). The van der Waals surface area contributed by atoms with Crippen molar-refractivity contribution in [3.05, 3.63) is 0 Å². The van der Waals surface area contributed by atoms with Gasteiger partial charge in [-0.25, -0.2) is 9.18 Å². The molecule has 0 aliphatic carbocycles. The van der Waals surface area contributed by atoms with E-state index < -0.39 is 5.67 Å². The second kappa shape index (κ2) is 4.35. The normalized spacial score (nSPS) is 21.1. The Morgan fingerprint density at radius 3 is 2.47 bits per heavy atom. The predicted molar refractivity (Wildman–Crippen MR) is 57.3 cm³/mol. The summed E-state index contributed by atoms with van der Waals surface area (Å²) in [5.41, 5.74) is 3.88. The quantitative estimate of drug-likeness (QED) is 0.732. The van der Waals surface area contributed by atoms with Gasteiger partial charge in [-0.05, 0) is 12.8 Å². The van der Waals surface area contributed by atoms with Crippen LogP contribution >= 0.6 is 0 Å². The van der Waals surface area contributed by atoms with Crippen LogP contribution in [0.3, 0.4) is 0 Å². The number of hydrogen-bond acceptors (Lipinski definition) is 2. The highest BCUT2D eigenvalue weighted by Crippen LogP contribution is 2.23. The SMILES string of the molecule is CC(C)C(C)NC(=O)N1CC(F)(CN)C1. The summed E-state index contributed by atoms with van der Waals surface area (Å²) in [6.07, 6.45) is 0. The van der Waals surface area contributed by atoms with Gasteiger partial charge in [0.2, 0.25) is 0 Å². The van der Waals surface area contributed by atoms with Gasteiger partial charge in [-0.15, -0.1) is 0 Å². The molecule has 1 unspecified atom stereocenters. The summed E-state index contributed by atoms with van der Waals surface area (Å²) in [5, 5.41) is 2.82. The minimum atomic E-state index is -1.36. The van der Waals surface area contributed by atoms with Crippen molar-refractivity contribution in [1.29, 1.82) is 0 Å². The Balaban J connectivity index is 2.33. The van der Waals surface area contributed by atoms with Gasteiger partial charge < -0.3 is 16.0 Å². The Hall–Kier alpha value is -0.840. The average molecular weight is 217 g/mol. The van der Waals surface area contributed by atoms with Crippen LogP contribution in [0.5, 0.6) is 0 Å². The van der Waals surface area contributed by atoms with E-state index in [0.717, 1.165) is 0 Å². The number of nitrogens with zero attached hydrogens (tertiary/aromatic N) is 1. The first-order valence-electron chi connectivity index (χ1n) is 5.32. The van der Waals surface area contributed by atoms with Crippen LogP contribution in [0, 0.1) is 5.92 Å². The molecule has 0 radical (unpaired) electrons. The average Bonchev–Trinajstić information content (AvgIpc) is 2.12. The van der Waals surface area contributed by atoms with E-state index in [1.54, 1.807) is 0 Å². The summed E-state index contributed by atoms with van der Waals surface area (Å²) in [7, 11) is 0. The highest BCUT2D eigenvalue weighted by atomic mass is 19.1. The zero-order valence-corrected chi connectivity index (χ0v) is 9.59. The van der Waals surface area contributed by atoms with E-state index in [9.17, 15) is 9.18 Å². The summed E-state index contributed by atoms with van der Waals surface area (Å²) in [6.45, 7) is 6.20. The third-order valence-corrected chi connectivity index (χ3v) is 2.95. The largest absolute Gasteiger partial charge is 0.335 e. The van der Waals surface area contributed by atoms with Crippen LogP contribution < -0.4 is 11.1 Å². The summed E-state index contributed by atoms with van der Waals surface area (Å²) in [5.74, 6) is 0.375. The lowest BCUT2D eigenvalue weighted by atomic mass is 9.97. The molecule has 0 saturated carbocycles. The number of nitrogens with two attached hydrogens (primary N) is 1. The first kappa shape index (κ1) is 12.2. The topological polar surface area (TPSA) is 58.4 Å². The zero-order chi connectivity index (χ0) is 11.6. The van der Waals surface area contributed by atoms with Gasteiger partial charge in [0.1, 0.15) is 0 Å². The van der Waals surface area contributed by atoms with Gasteiger partial charge in [0, 0.05) is 12.6 Å². The van der Waals surface area contributed by atoms with Crippen molar-refractivity contribution in [3.8, 4) is 0 Å². The number of urea groups is 1. The van der Waals surface area contributed by atoms with Gasteiger partial charge in [0.15, 0.2) is 5.67 Å². The molecular formula is C10H20FN3O. The fourth-order valence-electron chi connectivity index (χ4n) is 1.36. The van der Waals surface area contributed by atoms with Crippen molar-refractivity contribution in [2.24, 2.45) is 11.7 Å². The molecule has 1 saturated heterocycles. The molecule has 1 aliphatic heterocycles. The monoisotopic (exact) mass is 217 g/mol. The van der Waals surface area contributed by atoms with Crippen LogP contribution in [-0.2, 0) is 0 Å². The third-order valence-electron chi connectivity index (χ3n) is 2.95. The Morgan fingerprint density at radius 2 is 2.07 bits per heavy atom. The zero-order valence-electron chi connectivity index (χ0n) is 9.59. The Labute approximate surface area is 90.0 Å². The van der Waals surface area contributed by atoms with Gasteiger partial charge in [-0.3, -0.25) is 0 Å². The summed E-state index contributed by atoms with van der Waals surface area (Å²) in [4.78, 5) is 13.0. The van der Waals surface area contributed by atoms with Crippen molar-refractivity contribution in [1.82, 2.24) is 10.2 Å². The predicted octanol–water partition coefficient (Wildman–Crippen LogP) is 0.723. The maximum atomic E-state index is 13.4. The number of likely N-dealkylation sites (tertiary alicyclic amines) is 1. The number of carbonyl (C=O) groups is 1. The molecular weight excluding hydrogens is 197 g/mol. The number of hydrogen-bond donors (Lipinski definition) is 2. The minimum absolute atomic E-state index is 0.0173. The van der Waals surface area contributed by atoms with Crippen LogP contribution in [0.1, 0.15) is 20.8 Å². The van der Waals surface area contributed by atoms with Gasteiger partial charge in [0.05, 0.1) is 13.1 Å². The van der Waals surface area contributed by atoms with E-state index >= 15 is 0 Å². The van der Waals surface area contributed by atoms with Crippen molar-refractivity contribution < 1.29 is 9.18 Å². The second-order valence-corrected chi connectivity index (χ2v) is 4.69. The first-order chi connectivity index (χ1) is 6.88. The van der Waals surface area contributed by atoms with Crippen molar-refractivity contribution in [2.45, 2.75) is 32.5 Å². The maximum absolute atomic E-state index is 13.4. The number of carbonyl (C=O) groups excluding carboxylic acids is 1. The van der Waals surface area contributed by atoms with Crippen molar-refractivity contribution in [3.63, 3.8) is 0 Å². The Kier molecular flexibility index (Phi) is 3.54. The van der Waals surface area contributed by atoms with E-state index in [4.69, 9.17) is 5.73 Å². The van der Waals surface area contributed by atoms with Gasteiger partial charge >= 0.3 is 6.03 Å². The number of amides is 2. The maximum Gasteiger partial charge on any atom is 0.317 e. The molecule has 1 aliphatic rings. The lowest BCUT2D eigenvalue weighted by Gasteiger charge is -2.44. The smallest absolute Gasteiger partial charge is 0.317 e. The molecule has 1 fully saturated rings. The molecule has 2 amide bonds. The lowest BCUT2D eigenvalue weighted by molar-refractivity contribution is 0.00129. The van der Waals surface area contributed by atoms with Gasteiger partial charge in [-0.2, -0.15) is 0 Å². The van der Waals surface area contributed by atoms with Crippen LogP contribution in [-0.4, -0.2) is 42.3 Å². The van der Waals surface area contributed by atoms with Crippen LogP contribution in [0.25, 0.3) is 0 Å². The standard InChI is InChI=1S/C10H20FN3O/c1-7(2)8(3)13-9(15)14-5-10(11,4-12)6-14/h7-8H,4-6,12H2,1-3H3,(H,13,15). The second-order valence-electron chi connectivity index (χ2n) is 4.69. The Morgan fingerprint density at radius 1 is 1.53 bits per heavy atom. The molecule has 88 valence electrons. The molecule has 0 aromatic rings. The fourth-order valence-corrected chi connectivity index (χ4v) is 1.36. The van der Waals surface area contributed by atoms with E-state index in [2.05, 4.69) is 5.32 Å². The highest BCUT2D eigenvalue weighted by molar-refractivity contribution is 5.75. The van der Waals surface area contributed by atoms with Crippen LogP contribution in [0.4, 0.5) is 9.18 Å². The lowest BCUT2D eigenvalue weighted by Crippen LogP contribution is -2.66. The van der Waals surface area contributed by atoms with Crippen LogP contribution in [0.2, 0.25) is 0 Å². The van der Waals surface area contributed by atoms with Crippen molar-refractivity contribution >= 4 is 6.03 Å². The van der Waals surface area contributed by atoms with E-state index in [0.29, 0.717) is 5.92 Å². The van der Waals surface area contributed by atoms with Crippen molar-refractivity contribution in [2.75, 3.05) is 19.6 Å². The molecule has 0 aromatic heterocycles. The number of halogens is 1. The molecule has 1 atom stereocenters. The summed E-state index contributed by atoms with van der Waals surface area (Å²) in [6, 6.07) is -0.0945. The molecule has 0 bridgehead atoms. The molecule has 4 nitrogen and oxygen atoms in total. The van der Waals surface area contributed by atoms with Crippen LogP contribution in [0.15, 0.2) is 0 Å². The molecule has 1 heterocycles. The summed E-state index contributed by atoms with van der Waals surface area (Å²) < 4.78 is 13.4. The first-order valence-corrected chi connectivity index (χ1v) is 5.32. The molecule has 0 aromatic carbocycles. The van der Waals surface area contributed by atoms with Gasteiger partial charge in [-0.1, -0.05) is 13.8 Å². The molecule has 0 spiro atoms. The summed E-state index contributed by atoms with van der Waals surface area (Å²) >= 11 is 0. The number of alkyl halides is 1. The Bertz CT molecular complexity index is 239. The number of rotatable bonds is 3. The highest BCUT2D eigenvalue weighted by Gasteiger charge is 2.44. The fraction of sp³-hybridized carbons (Fsp3) is 0.900. The number of nitrogens with one attached hydrogen (secondary N) is 1. The minimum Gasteiger partial charge on any atom is -0.335 e. The molecule has 3 N–H and O–H groups in total. The van der Waals surface area contributed by atoms with E-state index in [-0.39, 0.29) is 31.7 Å². The molecule has 5 heteroatoms. The third kappa shape index (κ3) is 2.81. The van der Waals surface area contributed by atoms with E-state index in [1.807, 2.05) is 20.8 Å². The molecule has 15 heavy (non-hydrogen) atoms. The van der Waals surface area contributed by atoms with E-state index in [1.165, 1.54) is 4.90 Å². The van der Waals surface area contributed by atoms with Gasteiger partial charge in [0.25, 0.3) is 0 Å².